The maximum absolute atomic E-state index is 5.86. The van der Waals surface area contributed by atoms with E-state index >= 15 is 0 Å². The molecule has 2 heteroatoms. The van der Waals surface area contributed by atoms with Gasteiger partial charge in [-0.15, -0.1) is 0 Å². The number of benzene rings is 1. The third kappa shape index (κ3) is 1.80. The fraction of sp³-hybridized carbons (Fsp3) is 0.308. The number of fused-ring (bicyclic) bond motifs is 1. The van der Waals surface area contributed by atoms with Gasteiger partial charge in [-0.3, -0.25) is 0 Å². The van der Waals surface area contributed by atoms with Crippen molar-refractivity contribution in [2.75, 3.05) is 5.73 Å². The van der Waals surface area contributed by atoms with Gasteiger partial charge in [-0.1, -0.05) is 19.9 Å². The number of anilines is 1. The number of aromatic nitrogens is 1. The van der Waals surface area contributed by atoms with E-state index in [1.165, 1.54) is 10.9 Å². The Bertz CT molecular complexity index is 489. The van der Waals surface area contributed by atoms with Crippen molar-refractivity contribution in [2.45, 2.75) is 26.7 Å². The summed E-state index contributed by atoms with van der Waals surface area (Å²) in [5.74, 6) is 0.661. The molecule has 2 N–H and O–H groups in total. The summed E-state index contributed by atoms with van der Waals surface area (Å²) >= 11 is 0. The second-order valence-electron chi connectivity index (χ2n) is 3.77. The van der Waals surface area contributed by atoms with Crippen molar-refractivity contribution in [3.8, 4) is 0 Å². The highest BCUT2D eigenvalue weighted by atomic mass is 14.8. The predicted molar refractivity (Wildman–Crippen MR) is 64.9 cm³/mol. The normalized spacial score (nSPS) is 10.8. The van der Waals surface area contributed by atoms with Gasteiger partial charge >= 0.3 is 0 Å². The molecule has 15 heavy (non-hydrogen) atoms. The van der Waals surface area contributed by atoms with Gasteiger partial charge in [-0.05, 0) is 42.2 Å². The molecule has 0 saturated heterocycles. The monoisotopic (exact) mass is 200 g/mol. The maximum Gasteiger partial charge on any atom is 0.127 e. The molecule has 0 spiro atoms. The van der Waals surface area contributed by atoms with Gasteiger partial charge in [0.05, 0.1) is 5.52 Å². The fourth-order valence-corrected chi connectivity index (χ4v) is 1.79. The van der Waals surface area contributed by atoms with E-state index < -0.39 is 0 Å². The van der Waals surface area contributed by atoms with Crippen LogP contribution in [0.1, 0.15) is 25.0 Å². The van der Waals surface area contributed by atoms with Gasteiger partial charge in [0, 0.05) is 5.39 Å². The van der Waals surface area contributed by atoms with Gasteiger partial charge in [0.2, 0.25) is 0 Å². The average Bonchev–Trinajstić information content (AvgIpc) is 2.27. The molecule has 2 rings (SSSR count). The molecule has 0 amide bonds. The minimum Gasteiger partial charge on any atom is -0.383 e. The molecule has 0 unspecified atom stereocenters. The van der Waals surface area contributed by atoms with Crippen LogP contribution in [0, 0.1) is 0 Å². The maximum atomic E-state index is 5.86. The Hall–Kier alpha value is -1.57. The zero-order chi connectivity index (χ0) is 10.8. The van der Waals surface area contributed by atoms with E-state index in [0.717, 1.165) is 23.9 Å². The number of hydrogen-bond donors (Lipinski definition) is 1. The lowest BCUT2D eigenvalue weighted by Crippen LogP contribution is -1.97. The number of nitrogens with zero attached hydrogens (tertiary/aromatic N) is 1. The van der Waals surface area contributed by atoms with Crippen LogP contribution in [0.4, 0.5) is 5.82 Å². The Balaban J connectivity index is 2.66. The van der Waals surface area contributed by atoms with E-state index in [0.29, 0.717) is 5.82 Å². The smallest absolute Gasteiger partial charge is 0.127 e. The highest BCUT2D eigenvalue weighted by molar-refractivity contribution is 5.82. The molecule has 0 atom stereocenters. The summed E-state index contributed by atoms with van der Waals surface area (Å²) in [6, 6.07) is 8.50. The van der Waals surface area contributed by atoms with E-state index in [2.05, 4.69) is 37.0 Å². The quantitative estimate of drug-likeness (QED) is 0.809. The molecule has 1 aromatic heterocycles. The van der Waals surface area contributed by atoms with Crippen LogP contribution in [0.15, 0.2) is 24.3 Å². The van der Waals surface area contributed by atoms with Gasteiger partial charge in [0.15, 0.2) is 0 Å². The Morgan fingerprint density at radius 1 is 1.13 bits per heavy atom. The molecule has 0 aliphatic heterocycles. The fourth-order valence-electron chi connectivity index (χ4n) is 1.79. The number of nitrogens with two attached hydrogens (primary N) is 1. The summed E-state index contributed by atoms with van der Waals surface area (Å²) in [5, 5.41) is 1.19. The van der Waals surface area contributed by atoms with Crippen LogP contribution >= 0.6 is 0 Å². The first-order chi connectivity index (χ1) is 7.24. The van der Waals surface area contributed by atoms with E-state index in [9.17, 15) is 0 Å². The first kappa shape index (κ1) is 9.97. The summed E-state index contributed by atoms with van der Waals surface area (Å²) < 4.78 is 0. The molecule has 1 aromatic carbocycles. The first-order valence-electron chi connectivity index (χ1n) is 5.42. The molecule has 0 aliphatic rings. The second kappa shape index (κ2) is 3.89. The summed E-state index contributed by atoms with van der Waals surface area (Å²) in [6.45, 7) is 4.26. The minimum absolute atomic E-state index is 0.661. The summed E-state index contributed by atoms with van der Waals surface area (Å²) in [6.07, 6.45) is 1.99. The van der Waals surface area contributed by atoms with Crippen molar-refractivity contribution in [3.05, 3.63) is 35.4 Å². The van der Waals surface area contributed by atoms with E-state index in [-0.39, 0.29) is 0 Å². The molecule has 2 nitrogen and oxygen atoms in total. The zero-order valence-electron chi connectivity index (χ0n) is 9.25. The summed E-state index contributed by atoms with van der Waals surface area (Å²) in [4.78, 5) is 4.40. The Kier molecular flexibility index (Phi) is 2.58. The molecule has 1 heterocycles. The van der Waals surface area contributed by atoms with Crippen LogP contribution in [-0.2, 0) is 12.8 Å². The molecule has 0 fully saturated rings. The first-order valence-corrected chi connectivity index (χ1v) is 5.42. The van der Waals surface area contributed by atoms with Crippen molar-refractivity contribution < 1.29 is 0 Å². The van der Waals surface area contributed by atoms with Crippen LogP contribution in [0.5, 0.6) is 0 Å². The van der Waals surface area contributed by atoms with E-state index in [1.54, 1.807) is 0 Å². The third-order valence-corrected chi connectivity index (χ3v) is 2.78. The van der Waals surface area contributed by atoms with Gasteiger partial charge in [0.1, 0.15) is 5.82 Å². The standard InChI is InChI=1S/C13H16N2/c1-3-9-5-6-12-11(7-9)8-10(4-2)13(14)15-12/h5-8H,3-4H2,1-2H3,(H2,14,15). The van der Waals surface area contributed by atoms with Crippen LogP contribution in [-0.4, -0.2) is 4.98 Å². The Morgan fingerprint density at radius 2 is 1.93 bits per heavy atom. The molecule has 0 saturated carbocycles. The number of hydrogen-bond acceptors (Lipinski definition) is 2. The molecule has 78 valence electrons. The number of rotatable bonds is 2. The average molecular weight is 200 g/mol. The highest BCUT2D eigenvalue weighted by Crippen LogP contribution is 2.20. The lowest BCUT2D eigenvalue weighted by molar-refractivity contribution is 1.12. The van der Waals surface area contributed by atoms with Crippen molar-refractivity contribution >= 4 is 16.7 Å². The van der Waals surface area contributed by atoms with E-state index in [4.69, 9.17) is 5.73 Å². The summed E-state index contributed by atoms with van der Waals surface area (Å²) in [7, 11) is 0. The van der Waals surface area contributed by atoms with Crippen LogP contribution < -0.4 is 5.73 Å². The largest absolute Gasteiger partial charge is 0.383 e. The number of pyridine rings is 1. The van der Waals surface area contributed by atoms with Gasteiger partial charge in [0.25, 0.3) is 0 Å². The van der Waals surface area contributed by atoms with Gasteiger partial charge < -0.3 is 5.73 Å². The van der Waals surface area contributed by atoms with Crippen molar-refractivity contribution in [2.24, 2.45) is 0 Å². The minimum atomic E-state index is 0.661. The molecular weight excluding hydrogens is 184 g/mol. The summed E-state index contributed by atoms with van der Waals surface area (Å²) in [5.41, 5.74) is 9.32. The number of nitrogen functional groups attached to an aromatic ring is 1. The molecule has 0 radical (unpaired) electrons. The SMILES string of the molecule is CCc1ccc2nc(N)c(CC)cc2c1. The number of aryl methyl sites for hydroxylation is 2. The molecule has 0 aliphatic carbocycles. The molecule has 0 bridgehead atoms. The van der Waals surface area contributed by atoms with Crippen LogP contribution in [0.2, 0.25) is 0 Å². The Morgan fingerprint density at radius 3 is 2.60 bits per heavy atom. The van der Waals surface area contributed by atoms with Crippen molar-refractivity contribution in [1.29, 1.82) is 0 Å². The lowest BCUT2D eigenvalue weighted by Gasteiger charge is -2.06. The van der Waals surface area contributed by atoms with Crippen molar-refractivity contribution in [3.63, 3.8) is 0 Å². The second-order valence-corrected chi connectivity index (χ2v) is 3.77. The van der Waals surface area contributed by atoms with Crippen LogP contribution in [0.25, 0.3) is 10.9 Å². The van der Waals surface area contributed by atoms with Gasteiger partial charge in [-0.25, -0.2) is 4.98 Å². The topological polar surface area (TPSA) is 38.9 Å². The third-order valence-electron chi connectivity index (χ3n) is 2.78. The highest BCUT2D eigenvalue weighted by Gasteiger charge is 2.02. The zero-order valence-corrected chi connectivity index (χ0v) is 9.25. The molecular formula is C13H16N2. The van der Waals surface area contributed by atoms with Gasteiger partial charge in [-0.2, -0.15) is 0 Å². The molecule has 2 aromatic rings. The lowest BCUT2D eigenvalue weighted by atomic mass is 10.1. The Labute approximate surface area is 90.1 Å². The van der Waals surface area contributed by atoms with Crippen LogP contribution in [0.3, 0.4) is 0 Å². The predicted octanol–water partition coefficient (Wildman–Crippen LogP) is 2.94. The van der Waals surface area contributed by atoms with Crippen molar-refractivity contribution in [1.82, 2.24) is 4.98 Å². The van der Waals surface area contributed by atoms with E-state index in [1.807, 2.05) is 6.07 Å².